The standard InChI is InChI=1S/C15H21N3O5S2/c1-22-15(19)12-10-13(25(20,21)18-2-6-23-7-3-18)14(16-11-12)17-4-8-24-9-5-17/h10-11H,2-9H2,1H3. The van der Waals surface area contributed by atoms with Crippen LogP contribution in [0, 0.1) is 0 Å². The van der Waals surface area contributed by atoms with E-state index < -0.39 is 16.0 Å². The van der Waals surface area contributed by atoms with Gasteiger partial charge in [-0.1, -0.05) is 0 Å². The fraction of sp³-hybridized carbons (Fsp3) is 0.600. The van der Waals surface area contributed by atoms with Gasteiger partial charge in [-0.15, -0.1) is 0 Å². The zero-order valence-electron chi connectivity index (χ0n) is 14.0. The van der Waals surface area contributed by atoms with Crippen molar-refractivity contribution in [1.29, 1.82) is 0 Å². The maximum Gasteiger partial charge on any atom is 0.339 e. The average molecular weight is 387 g/mol. The van der Waals surface area contributed by atoms with Crippen molar-refractivity contribution in [3.05, 3.63) is 17.8 Å². The molecule has 0 unspecified atom stereocenters. The lowest BCUT2D eigenvalue weighted by atomic mass is 10.3. The minimum absolute atomic E-state index is 0.0594. The Bertz CT molecular complexity index is 729. The highest BCUT2D eigenvalue weighted by atomic mass is 32.2. The Morgan fingerprint density at radius 2 is 1.92 bits per heavy atom. The van der Waals surface area contributed by atoms with Crippen molar-refractivity contribution in [3.8, 4) is 0 Å². The van der Waals surface area contributed by atoms with Gasteiger partial charge in [0.15, 0.2) is 0 Å². The molecule has 0 aromatic carbocycles. The Labute approximate surface area is 151 Å². The third kappa shape index (κ3) is 3.91. The van der Waals surface area contributed by atoms with Crippen LogP contribution in [0.1, 0.15) is 10.4 Å². The summed E-state index contributed by atoms with van der Waals surface area (Å²) in [6, 6.07) is 1.38. The van der Waals surface area contributed by atoms with Crippen molar-refractivity contribution in [2.45, 2.75) is 4.90 Å². The first kappa shape index (κ1) is 18.4. The van der Waals surface area contributed by atoms with E-state index in [2.05, 4.69) is 4.98 Å². The molecule has 3 heterocycles. The van der Waals surface area contributed by atoms with Crippen LogP contribution in [-0.2, 0) is 19.5 Å². The Morgan fingerprint density at radius 3 is 2.56 bits per heavy atom. The Morgan fingerprint density at radius 1 is 1.24 bits per heavy atom. The molecule has 10 heteroatoms. The summed E-state index contributed by atoms with van der Waals surface area (Å²) in [5.41, 5.74) is 0.129. The summed E-state index contributed by atoms with van der Waals surface area (Å²) in [6.45, 7) is 2.75. The second kappa shape index (κ2) is 7.90. The number of methoxy groups -OCH3 is 1. The smallest absolute Gasteiger partial charge is 0.339 e. The summed E-state index contributed by atoms with van der Waals surface area (Å²) in [7, 11) is -2.51. The monoisotopic (exact) mass is 387 g/mol. The molecule has 0 radical (unpaired) electrons. The molecule has 0 bridgehead atoms. The van der Waals surface area contributed by atoms with Crippen LogP contribution in [0.2, 0.25) is 0 Å². The SMILES string of the molecule is COC(=O)c1cnc(N2CCSCC2)c(S(=O)(=O)N2CCOCC2)c1. The predicted molar refractivity (Wildman–Crippen MR) is 94.7 cm³/mol. The van der Waals surface area contributed by atoms with Crippen LogP contribution >= 0.6 is 11.8 Å². The average Bonchev–Trinajstić information content (AvgIpc) is 2.68. The molecule has 3 rings (SSSR count). The largest absolute Gasteiger partial charge is 0.465 e. The highest BCUT2D eigenvalue weighted by Crippen LogP contribution is 2.29. The number of hydrogen-bond acceptors (Lipinski definition) is 8. The summed E-state index contributed by atoms with van der Waals surface area (Å²) < 4.78 is 37.7. The second-order valence-corrected chi connectivity index (χ2v) is 8.78. The number of carbonyl (C=O) groups excluding carboxylic acids is 1. The normalized spacial score (nSPS) is 19.6. The highest BCUT2D eigenvalue weighted by Gasteiger charge is 2.32. The fourth-order valence-electron chi connectivity index (χ4n) is 2.80. The molecular formula is C15H21N3O5S2. The molecule has 0 amide bonds. The maximum atomic E-state index is 13.2. The molecule has 25 heavy (non-hydrogen) atoms. The quantitative estimate of drug-likeness (QED) is 0.688. The number of pyridine rings is 1. The molecule has 1 aromatic heterocycles. The molecule has 2 saturated heterocycles. The van der Waals surface area contributed by atoms with Gasteiger partial charge in [-0.05, 0) is 6.07 Å². The molecule has 0 spiro atoms. The van der Waals surface area contributed by atoms with Gasteiger partial charge in [-0.3, -0.25) is 0 Å². The van der Waals surface area contributed by atoms with Gasteiger partial charge >= 0.3 is 5.97 Å². The minimum atomic E-state index is -3.77. The lowest BCUT2D eigenvalue weighted by Crippen LogP contribution is -2.42. The molecule has 0 N–H and O–H groups in total. The third-order valence-corrected chi connectivity index (χ3v) is 7.00. The van der Waals surface area contributed by atoms with E-state index in [9.17, 15) is 13.2 Å². The van der Waals surface area contributed by atoms with Gasteiger partial charge in [0.2, 0.25) is 10.0 Å². The van der Waals surface area contributed by atoms with Crippen molar-refractivity contribution in [2.24, 2.45) is 0 Å². The third-order valence-electron chi connectivity index (χ3n) is 4.15. The zero-order chi connectivity index (χ0) is 17.9. The van der Waals surface area contributed by atoms with Gasteiger partial charge in [-0.25, -0.2) is 18.2 Å². The lowest BCUT2D eigenvalue weighted by Gasteiger charge is -2.31. The molecule has 1 aromatic rings. The van der Waals surface area contributed by atoms with Gasteiger partial charge in [-0.2, -0.15) is 16.1 Å². The van der Waals surface area contributed by atoms with Crippen LogP contribution in [0.3, 0.4) is 0 Å². The number of anilines is 1. The first-order valence-electron chi connectivity index (χ1n) is 8.03. The van der Waals surface area contributed by atoms with Crippen molar-refractivity contribution < 1.29 is 22.7 Å². The van der Waals surface area contributed by atoms with E-state index in [-0.39, 0.29) is 10.5 Å². The molecule has 2 aliphatic heterocycles. The number of aromatic nitrogens is 1. The van der Waals surface area contributed by atoms with E-state index in [1.165, 1.54) is 23.7 Å². The molecule has 2 aliphatic rings. The number of morpholine rings is 1. The van der Waals surface area contributed by atoms with Crippen molar-refractivity contribution >= 4 is 33.6 Å². The van der Waals surface area contributed by atoms with Crippen LogP contribution in [0.15, 0.2) is 17.2 Å². The predicted octanol–water partition coefficient (Wildman–Crippen LogP) is 0.442. The number of ether oxygens (including phenoxy) is 2. The Balaban J connectivity index is 2.04. The molecule has 0 aliphatic carbocycles. The van der Waals surface area contributed by atoms with Crippen LogP contribution < -0.4 is 4.90 Å². The van der Waals surface area contributed by atoms with E-state index in [0.29, 0.717) is 32.1 Å². The van der Waals surface area contributed by atoms with Crippen LogP contribution in [0.5, 0.6) is 0 Å². The van der Waals surface area contributed by atoms with Crippen LogP contribution in [0.25, 0.3) is 0 Å². The Hall–Kier alpha value is -1.36. The second-order valence-electron chi connectivity index (χ2n) is 5.65. The molecular weight excluding hydrogens is 366 g/mol. The van der Waals surface area contributed by atoms with E-state index in [0.717, 1.165) is 24.6 Å². The van der Waals surface area contributed by atoms with E-state index in [1.54, 1.807) is 0 Å². The van der Waals surface area contributed by atoms with Gasteiger partial charge in [0.25, 0.3) is 0 Å². The summed E-state index contributed by atoms with van der Waals surface area (Å²) >= 11 is 1.83. The summed E-state index contributed by atoms with van der Waals surface area (Å²) in [4.78, 5) is 18.2. The number of hydrogen-bond donors (Lipinski definition) is 0. The van der Waals surface area contributed by atoms with Crippen molar-refractivity contribution in [1.82, 2.24) is 9.29 Å². The lowest BCUT2D eigenvalue weighted by molar-refractivity contribution is 0.0600. The topological polar surface area (TPSA) is 89.0 Å². The van der Waals surface area contributed by atoms with Crippen molar-refractivity contribution in [2.75, 3.05) is 62.9 Å². The van der Waals surface area contributed by atoms with Crippen molar-refractivity contribution in [3.63, 3.8) is 0 Å². The number of nitrogens with zero attached hydrogens (tertiary/aromatic N) is 3. The molecule has 2 fully saturated rings. The number of carbonyl (C=O) groups is 1. The van der Waals surface area contributed by atoms with Gasteiger partial charge in [0.05, 0.1) is 25.9 Å². The van der Waals surface area contributed by atoms with Gasteiger partial charge in [0.1, 0.15) is 10.7 Å². The minimum Gasteiger partial charge on any atom is -0.465 e. The first-order chi connectivity index (χ1) is 12.0. The van der Waals surface area contributed by atoms with E-state index in [4.69, 9.17) is 9.47 Å². The van der Waals surface area contributed by atoms with Gasteiger partial charge in [0, 0.05) is 43.9 Å². The molecule has 0 saturated carbocycles. The van der Waals surface area contributed by atoms with Crippen LogP contribution in [-0.4, -0.2) is 81.7 Å². The number of thioether (sulfide) groups is 1. The van der Waals surface area contributed by atoms with E-state index in [1.807, 2.05) is 16.7 Å². The zero-order valence-corrected chi connectivity index (χ0v) is 15.6. The molecule has 138 valence electrons. The number of rotatable bonds is 4. The molecule has 0 atom stereocenters. The van der Waals surface area contributed by atoms with E-state index >= 15 is 0 Å². The summed E-state index contributed by atoms with van der Waals surface area (Å²) in [5.74, 6) is 1.63. The molecule has 8 nitrogen and oxygen atoms in total. The highest BCUT2D eigenvalue weighted by molar-refractivity contribution is 7.99. The Kier molecular flexibility index (Phi) is 5.82. The number of esters is 1. The van der Waals surface area contributed by atoms with Crippen LogP contribution in [0.4, 0.5) is 5.82 Å². The van der Waals surface area contributed by atoms with Gasteiger partial charge < -0.3 is 14.4 Å². The maximum absolute atomic E-state index is 13.2. The first-order valence-corrected chi connectivity index (χ1v) is 10.6. The summed E-state index contributed by atoms with van der Waals surface area (Å²) in [5, 5.41) is 0. The fourth-order valence-corrected chi connectivity index (χ4v) is 5.29. The number of sulfonamides is 1. The summed E-state index contributed by atoms with van der Waals surface area (Å²) in [6.07, 6.45) is 1.38.